The van der Waals surface area contributed by atoms with E-state index in [2.05, 4.69) is 10.1 Å². The molecule has 0 heterocycles. The number of nitrogens with one attached hydrogen (secondary N) is 1. The normalized spacial score (nSPS) is 26.1. The molecule has 0 spiro atoms. The van der Waals surface area contributed by atoms with Crippen molar-refractivity contribution in [1.29, 1.82) is 0 Å². The highest BCUT2D eigenvalue weighted by atomic mass is 19.4. The molecule has 2 atom stereocenters. The molecule has 17 heavy (non-hydrogen) atoms. The topological polar surface area (TPSA) is 41.5 Å². The maximum absolute atomic E-state index is 11.7. The Hall–Kier alpha value is -0.330. The zero-order valence-corrected chi connectivity index (χ0v) is 9.80. The van der Waals surface area contributed by atoms with E-state index in [-0.39, 0.29) is 18.6 Å². The number of rotatable bonds is 6. The van der Waals surface area contributed by atoms with Gasteiger partial charge in [0.05, 0.1) is 12.7 Å². The first kappa shape index (κ1) is 14.7. The fourth-order valence-electron chi connectivity index (χ4n) is 2.05. The van der Waals surface area contributed by atoms with Gasteiger partial charge in [-0.3, -0.25) is 0 Å². The summed E-state index contributed by atoms with van der Waals surface area (Å²) < 4.78 is 39.6. The number of hydrogen-bond acceptors (Lipinski definition) is 3. The molecule has 102 valence electrons. The zero-order valence-electron chi connectivity index (χ0n) is 9.80. The molecule has 6 heteroatoms. The molecule has 1 aliphatic carbocycles. The van der Waals surface area contributed by atoms with Gasteiger partial charge in [-0.2, -0.15) is 13.2 Å². The molecule has 0 bridgehead atoms. The summed E-state index contributed by atoms with van der Waals surface area (Å²) in [6.07, 6.45) is -0.527. The Balaban J connectivity index is 1.96. The minimum Gasteiger partial charge on any atom is -0.393 e. The standard InChI is InChI=1S/C11H20F3NO2/c12-11(13,14)8-17-6-5-15-7-9-3-1-2-4-10(9)16/h9-10,15-16H,1-8H2. The van der Waals surface area contributed by atoms with Gasteiger partial charge in [-0.15, -0.1) is 0 Å². The van der Waals surface area contributed by atoms with Crippen LogP contribution in [0.4, 0.5) is 13.2 Å². The quantitative estimate of drug-likeness (QED) is 0.710. The van der Waals surface area contributed by atoms with Gasteiger partial charge < -0.3 is 15.2 Å². The summed E-state index contributed by atoms with van der Waals surface area (Å²) in [5.74, 6) is 0.228. The summed E-state index contributed by atoms with van der Waals surface area (Å²) in [5, 5.41) is 12.7. The molecule has 2 unspecified atom stereocenters. The highest BCUT2D eigenvalue weighted by Gasteiger charge is 2.27. The molecule has 2 N–H and O–H groups in total. The van der Waals surface area contributed by atoms with Crippen LogP contribution in [0.1, 0.15) is 25.7 Å². The Labute approximate surface area is 99.3 Å². The second kappa shape index (κ2) is 7.18. The summed E-state index contributed by atoms with van der Waals surface area (Å²) in [4.78, 5) is 0. The van der Waals surface area contributed by atoms with Crippen molar-refractivity contribution in [3.05, 3.63) is 0 Å². The third kappa shape index (κ3) is 6.85. The van der Waals surface area contributed by atoms with Crippen molar-refractivity contribution >= 4 is 0 Å². The van der Waals surface area contributed by atoms with Gasteiger partial charge >= 0.3 is 6.18 Å². The smallest absolute Gasteiger partial charge is 0.393 e. The van der Waals surface area contributed by atoms with Gasteiger partial charge in [0.25, 0.3) is 0 Å². The molecule has 1 saturated carbocycles. The van der Waals surface area contributed by atoms with Crippen LogP contribution >= 0.6 is 0 Å². The summed E-state index contributed by atoms with van der Waals surface area (Å²) in [5.41, 5.74) is 0. The molecule has 0 amide bonds. The Morgan fingerprint density at radius 2 is 1.94 bits per heavy atom. The van der Waals surface area contributed by atoms with Crippen LogP contribution in [0.2, 0.25) is 0 Å². The molecule has 0 aromatic heterocycles. The monoisotopic (exact) mass is 255 g/mol. The molecule has 0 radical (unpaired) electrons. The van der Waals surface area contributed by atoms with E-state index >= 15 is 0 Å². The minimum absolute atomic E-state index is 0.0440. The van der Waals surface area contributed by atoms with E-state index in [1.54, 1.807) is 0 Å². The van der Waals surface area contributed by atoms with Crippen LogP contribution in [-0.2, 0) is 4.74 Å². The zero-order chi connectivity index (χ0) is 12.7. The lowest BCUT2D eigenvalue weighted by atomic mass is 9.86. The number of alkyl halides is 3. The largest absolute Gasteiger partial charge is 0.411 e. The van der Waals surface area contributed by atoms with Gasteiger partial charge in [-0.25, -0.2) is 0 Å². The molecule has 3 nitrogen and oxygen atoms in total. The molecular weight excluding hydrogens is 235 g/mol. The summed E-state index contributed by atoms with van der Waals surface area (Å²) >= 11 is 0. The second-order valence-electron chi connectivity index (χ2n) is 4.48. The molecule has 1 fully saturated rings. The van der Waals surface area contributed by atoms with E-state index in [9.17, 15) is 18.3 Å². The van der Waals surface area contributed by atoms with Crippen LogP contribution in [0.15, 0.2) is 0 Å². The first-order valence-electron chi connectivity index (χ1n) is 6.02. The van der Waals surface area contributed by atoms with Crippen LogP contribution in [0.25, 0.3) is 0 Å². The number of aliphatic hydroxyl groups excluding tert-OH is 1. The van der Waals surface area contributed by atoms with Gasteiger partial charge in [-0.05, 0) is 18.8 Å². The summed E-state index contributed by atoms with van der Waals surface area (Å²) in [7, 11) is 0. The van der Waals surface area contributed by atoms with Crippen molar-refractivity contribution < 1.29 is 23.0 Å². The summed E-state index contributed by atoms with van der Waals surface area (Å²) in [6.45, 7) is -0.112. The Kier molecular flexibility index (Phi) is 6.22. The van der Waals surface area contributed by atoms with Crippen molar-refractivity contribution in [1.82, 2.24) is 5.32 Å². The van der Waals surface area contributed by atoms with Crippen LogP contribution in [0, 0.1) is 5.92 Å². The third-order valence-electron chi connectivity index (χ3n) is 2.96. The van der Waals surface area contributed by atoms with E-state index < -0.39 is 12.8 Å². The number of aliphatic hydroxyl groups is 1. The maximum atomic E-state index is 11.7. The first-order valence-corrected chi connectivity index (χ1v) is 6.02. The van der Waals surface area contributed by atoms with E-state index in [0.29, 0.717) is 13.1 Å². The number of halogens is 3. The van der Waals surface area contributed by atoms with Crippen molar-refractivity contribution in [2.24, 2.45) is 5.92 Å². The van der Waals surface area contributed by atoms with E-state index in [1.807, 2.05) is 0 Å². The minimum atomic E-state index is -4.25. The van der Waals surface area contributed by atoms with Crippen molar-refractivity contribution in [3.8, 4) is 0 Å². The van der Waals surface area contributed by atoms with Gasteiger partial charge in [0.2, 0.25) is 0 Å². The Bertz CT molecular complexity index is 211. The number of hydrogen-bond donors (Lipinski definition) is 2. The van der Waals surface area contributed by atoms with Gasteiger partial charge in [0, 0.05) is 13.1 Å². The Morgan fingerprint density at radius 1 is 1.24 bits per heavy atom. The van der Waals surface area contributed by atoms with Gasteiger partial charge in [-0.1, -0.05) is 12.8 Å². The lowest BCUT2D eigenvalue weighted by molar-refractivity contribution is -0.173. The van der Waals surface area contributed by atoms with Crippen LogP contribution in [-0.4, -0.2) is 43.7 Å². The highest BCUT2D eigenvalue weighted by molar-refractivity contribution is 4.75. The summed E-state index contributed by atoms with van der Waals surface area (Å²) in [6, 6.07) is 0. The van der Waals surface area contributed by atoms with E-state index in [1.165, 1.54) is 0 Å². The van der Waals surface area contributed by atoms with Gasteiger partial charge in [0.15, 0.2) is 0 Å². The third-order valence-corrected chi connectivity index (χ3v) is 2.96. The van der Waals surface area contributed by atoms with Gasteiger partial charge in [0.1, 0.15) is 6.61 Å². The Morgan fingerprint density at radius 3 is 2.59 bits per heavy atom. The SMILES string of the molecule is OC1CCCCC1CNCCOCC(F)(F)F. The molecule has 1 aliphatic rings. The maximum Gasteiger partial charge on any atom is 0.411 e. The average Bonchev–Trinajstić information content (AvgIpc) is 2.24. The van der Waals surface area contributed by atoms with Crippen LogP contribution < -0.4 is 5.32 Å². The first-order chi connectivity index (χ1) is 7.99. The lowest BCUT2D eigenvalue weighted by Crippen LogP contribution is -2.35. The van der Waals surface area contributed by atoms with Crippen LogP contribution in [0.3, 0.4) is 0 Å². The van der Waals surface area contributed by atoms with E-state index in [4.69, 9.17) is 0 Å². The molecular formula is C11H20F3NO2. The molecule has 0 aromatic carbocycles. The lowest BCUT2D eigenvalue weighted by Gasteiger charge is -2.27. The molecule has 0 saturated heterocycles. The predicted molar refractivity (Wildman–Crippen MR) is 57.7 cm³/mol. The molecule has 0 aromatic rings. The van der Waals surface area contributed by atoms with E-state index in [0.717, 1.165) is 25.7 Å². The fourth-order valence-corrected chi connectivity index (χ4v) is 2.05. The second-order valence-corrected chi connectivity index (χ2v) is 4.48. The number of ether oxygens (including phenoxy) is 1. The fraction of sp³-hybridized carbons (Fsp3) is 1.00. The predicted octanol–water partition coefficient (Wildman–Crippen LogP) is 1.71. The van der Waals surface area contributed by atoms with Crippen molar-refractivity contribution in [3.63, 3.8) is 0 Å². The molecule has 0 aliphatic heterocycles. The average molecular weight is 255 g/mol. The van der Waals surface area contributed by atoms with Crippen LogP contribution in [0.5, 0.6) is 0 Å². The molecule has 1 rings (SSSR count). The van der Waals surface area contributed by atoms with Crippen molar-refractivity contribution in [2.45, 2.75) is 38.0 Å². The van der Waals surface area contributed by atoms with Crippen molar-refractivity contribution in [2.75, 3.05) is 26.3 Å². The highest BCUT2D eigenvalue weighted by Crippen LogP contribution is 2.23.